The Hall–Kier alpha value is -2.55. The molecule has 2 aromatic heterocycles. The summed E-state index contributed by atoms with van der Waals surface area (Å²) in [4.78, 5) is 22.5. The quantitative estimate of drug-likeness (QED) is 0.684. The van der Waals surface area contributed by atoms with E-state index in [4.69, 9.17) is 11.6 Å². The number of benzene rings is 1. The predicted molar refractivity (Wildman–Crippen MR) is 115 cm³/mol. The summed E-state index contributed by atoms with van der Waals surface area (Å²) in [6.07, 6.45) is 5.50. The van der Waals surface area contributed by atoms with E-state index in [0.717, 1.165) is 31.7 Å². The van der Waals surface area contributed by atoms with Crippen molar-refractivity contribution >= 4 is 52.1 Å². The largest absolute Gasteiger partial charge is 0.338 e. The van der Waals surface area contributed by atoms with Crippen LogP contribution in [0.15, 0.2) is 36.5 Å². The molecule has 0 saturated carbocycles. The van der Waals surface area contributed by atoms with Gasteiger partial charge in [0.2, 0.25) is 11.9 Å². The van der Waals surface area contributed by atoms with Gasteiger partial charge in [-0.05, 0) is 18.7 Å². The Balaban J connectivity index is 1.62. The molecule has 28 heavy (non-hydrogen) atoms. The summed E-state index contributed by atoms with van der Waals surface area (Å²) in [5.74, 6) is 1.72. The predicted octanol–water partition coefficient (Wildman–Crippen LogP) is 3.65. The SMILES string of the molecule is CN1CCN(c2nc(C=Cc3ccccc3)nc(Nc3ncc(Cl)s3)n2)CC1. The lowest BCUT2D eigenvalue weighted by Gasteiger charge is -2.32. The first-order valence-electron chi connectivity index (χ1n) is 8.97. The minimum atomic E-state index is 0.461. The highest BCUT2D eigenvalue weighted by atomic mass is 35.5. The molecule has 0 radical (unpaired) electrons. The number of thiazole rings is 1. The van der Waals surface area contributed by atoms with Crippen LogP contribution in [0.2, 0.25) is 4.34 Å². The average Bonchev–Trinajstić information content (AvgIpc) is 3.12. The zero-order valence-electron chi connectivity index (χ0n) is 15.4. The number of nitrogens with one attached hydrogen (secondary N) is 1. The van der Waals surface area contributed by atoms with Gasteiger partial charge in [-0.25, -0.2) is 4.98 Å². The van der Waals surface area contributed by atoms with E-state index in [1.807, 2.05) is 42.5 Å². The van der Waals surface area contributed by atoms with Gasteiger partial charge < -0.3 is 9.80 Å². The van der Waals surface area contributed by atoms with Crippen molar-refractivity contribution in [3.05, 3.63) is 52.3 Å². The second-order valence-electron chi connectivity index (χ2n) is 6.45. The molecule has 3 aromatic rings. The lowest BCUT2D eigenvalue weighted by molar-refractivity contribution is 0.311. The van der Waals surface area contributed by atoms with Gasteiger partial charge in [0.25, 0.3) is 0 Å². The molecule has 1 fully saturated rings. The van der Waals surface area contributed by atoms with E-state index in [1.165, 1.54) is 11.3 Å². The molecule has 0 amide bonds. The summed E-state index contributed by atoms with van der Waals surface area (Å²) in [5.41, 5.74) is 1.09. The van der Waals surface area contributed by atoms with Crippen LogP contribution in [0.4, 0.5) is 17.0 Å². The molecule has 144 valence electrons. The van der Waals surface area contributed by atoms with Crippen LogP contribution in [0.25, 0.3) is 12.2 Å². The van der Waals surface area contributed by atoms with Gasteiger partial charge in [-0.15, -0.1) is 0 Å². The molecule has 0 unspecified atom stereocenters. The lowest BCUT2D eigenvalue weighted by atomic mass is 10.2. The minimum Gasteiger partial charge on any atom is -0.338 e. The van der Waals surface area contributed by atoms with Gasteiger partial charge in [-0.3, -0.25) is 5.32 Å². The monoisotopic (exact) mass is 413 g/mol. The highest BCUT2D eigenvalue weighted by molar-refractivity contribution is 7.19. The van der Waals surface area contributed by atoms with E-state index in [-0.39, 0.29) is 0 Å². The smallest absolute Gasteiger partial charge is 0.234 e. The topological polar surface area (TPSA) is 70.1 Å². The van der Waals surface area contributed by atoms with Crippen molar-refractivity contribution in [2.24, 2.45) is 0 Å². The molecule has 1 aliphatic rings. The Morgan fingerprint density at radius 3 is 2.54 bits per heavy atom. The Morgan fingerprint density at radius 2 is 1.82 bits per heavy atom. The minimum absolute atomic E-state index is 0.461. The van der Waals surface area contributed by atoms with Gasteiger partial charge >= 0.3 is 0 Å². The second kappa shape index (κ2) is 8.64. The van der Waals surface area contributed by atoms with Gasteiger partial charge in [-0.1, -0.05) is 59.3 Å². The summed E-state index contributed by atoms with van der Waals surface area (Å²) >= 11 is 7.33. The van der Waals surface area contributed by atoms with Crippen LogP contribution in [0.1, 0.15) is 11.4 Å². The van der Waals surface area contributed by atoms with Crippen molar-refractivity contribution in [1.29, 1.82) is 0 Å². The van der Waals surface area contributed by atoms with E-state index < -0.39 is 0 Å². The van der Waals surface area contributed by atoms with Crippen molar-refractivity contribution in [2.75, 3.05) is 43.4 Å². The van der Waals surface area contributed by atoms with Crippen molar-refractivity contribution in [2.45, 2.75) is 0 Å². The van der Waals surface area contributed by atoms with E-state index in [2.05, 4.69) is 42.1 Å². The zero-order chi connectivity index (χ0) is 19.3. The number of hydrogen-bond acceptors (Lipinski definition) is 8. The molecule has 0 bridgehead atoms. The highest BCUT2D eigenvalue weighted by Gasteiger charge is 2.18. The van der Waals surface area contributed by atoms with Crippen LogP contribution in [0, 0.1) is 0 Å². The Kier molecular flexibility index (Phi) is 5.80. The number of anilines is 3. The Labute approximate surface area is 172 Å². The fraction of sp³-hybridized carbons (Fsp3) is 0.263. The van der Waals surface area contributed by atoms with Gasteiger partial charge in [-0.2, -0.15) is 15.0 Å². The van der Waals surface area contributed by atoms with Crippen molar-refractivity contribution in [3.63, 3.8) is 0 Å². The van der Waals surface area contributed by atoms with Crippen molar-refractivity contribution in [1.82, 2.24) is 24.8 Å². The molecule has 9 heteroatoms. The van der Waals surface area contributed by atoms with Crippen LogP contribution >= 0.6 is 22.9 Å². The number of halogens is 1. The van der Waals surface area contributed by atoms with Gasteiger partial charge in [0, 0.05) is 26.2 Å². The average molecular weight is 414 g/mol. The van der Waals surface area contributed by atoms with Crippen LogP contribution in [-0.2, 0) is 0 Å². The summed E-state index contributed by atoms with van der Waals surface area (Å²) in [5, 5.41) is 3.79. The summed E-state index contributed by atoms with van der Waals surface area (Å²) < 4.78 is 0.611. The lowest BCUT2D eigenvalue weighted by Crippen LogP contribution is -2.45. The van der Waals surface area contributed by atoms with Gasteiger partial charge in [0.1, 0.15) is 4.34 Å². The van der Waals surface area contributed by atoms with Gasteiger partial charge in [0.05, 0.1) is 6.20 Å². The second-order valence-corrected chi connectivity index (χ2v) is 8.11. The first kappa shape index (κ1) is 18.8. The molecule has 1 N–H and O–H groups in total. The number of nitrogens with zero attached hydrogens (tertiary/aromatic N) is 6. The third kappa shape index (κ3) is 4.83. The molecule has 0 aliphatic carbocycles. The molecule has 0 spiro atoms. The Morgan fingerprint density at radius 1 is 1.04 bits per heavy atom. The van der Waals surface area contributed by atoms with E-state index in [1.54, 1.807) is 6.20 Å². The molecule has 4 rings (SSSR count). The normalized spacial score (nSPS) is 15.3. The van der Waals surface area contributed by atoms with Crippen LogP contribution < -0.4 is 10.2 Å². The molecular formula is C19H20ClN7S. The number of rotatable bonds is 5. The maximum absolute atomic E-state index is 5.98. The van der Waals surface area contributed by atoms with Crippen molar-refractivity contribution in [3.8, 4) is 0 Å². The standard InChI is InChI=1S/C19H20ClN7S/c1-26-9-11-27(12-10-26)18-23-16(8-7-14-5-3-2-4-6-14)22-17(24-18)25-19-21-13-15(20)28-19/h2-8,13H,9-12H2,1H3,(H,21,22,23,24,25). The molecule has 3 heterocycles. The van der Waals surface area contributed by atoms with Crippen LogP contribution in [-0.4, -0.2) is 58.1 Å². The van der Waals surface area contributed by atoms with Gasteiger partial charge in [0.15, 0.2) is 11.0 Å². The van der Waals surface area contributed by atoms with E-state index in [0.29, 0.717) is 27.2 Å². The molecule has 0 atom stereocenters. The summed E-state index contributed by atoms with van der Waals surface area (Å²) in [7, 11) is 2.12. The van der Waals surface area contributed by atoms with E-state index in [9.17, 15) is 0 Å². The molecule has 1 aliphatic heterocycles. The maximum atomic E-state index is 5.98. The van der Waals surface area contributed by atoms with Crippen LogP contribution in [0.5, 0.6) is 0 Å². The first-order chi connectivity index (χ1) is 13.7. The molecule has 7 nitrogen and oxygen atoms in total. The highest BCUT2D eigenvalue weighted by Crippen LogP contribution is 2.25. The Bertz CT molecular complexity index is 952. The number of aromatic nitrogens is 4. The fourth-order valence-electron chi connectivity index (χ4n) is 2.80. The number of piperazine rings is 1. The molecule has 1 aromatic carbocycles. The molecular weight excluding hydrogens is 394 g/mol. The van der Waals surface area contributed by atoms with Crippen molar-refractivity contribution < 1.29 is 0 Å². The number of hydrogen-bond donors (Lipinski definition) is 1. The summed E-state index contributed by atoms with van der Waals surface area (Å²) in [6.45, 7) is 3.72. The third-order valence-corrected chi connectivity index (χ3v) is 5.38. The third-order valence-electron chi connectivity index (χ3n) is 4.35. The number of likely N-dealkylation sites (N-methyl/N-ethyl adjacent to an activating group) is 1. The fourth-order valence-corrected chi connectivity index (χ4v) is 3.61. The summed E-state index contributed by atoms with van der Waals surface area (Å²) in [6, 6.07) is 10.1. The van der Waals surface area contributed by atoms with E-state index >= 15 is 0 Å². The maximum Gasteiger partial charge on any atom is 0.234 e. The first-order valence-corrected chi connectivity index (χ1v) is 10.2. The molecule has 1 saturated heterocycles. The van der Waals surface area contributed by atoms with Crippen LogP contribution in [0.3, 0.4) is 0 Å². The zero-order valence-corrected chi connectivity index (χ0v) is 17.0.